The smallest absolute Gasteiger partial charge is 0.245 e. The Morgan fingerprint density at radius 2 is 2.16 bits per heavy atom. The number of piperazine rings is 1. The first-order valence-electron chi connectivity index (χ1n) is 6.48. The number of anilines is 1. The summed E-state index contributed by atoms with van der Waals surface area (Å²) in [6.45, 7) is 8.66. The summed E-state index contributed by atoms with van der Waals surface area (Å²) in [4.78, 5) is 10.9. The molecular formula is C12H18N6O. The molecule has 102 valence electrons. The number of aromatic nitrogens is 4. The number of oxazole rings is 1. The third-order valence-electron chi connectivity index (χ3n) is 3.24. The van der Waals surface area contributed by atoms with Gasteiger partial charge in [-0.25, -0.2) is 4.98 Å². The van der Waals surface area contributed by atoms with E-state index in [1.165, 1.54) is 0 Å². The fourth-order valence-electron chi connectivity index (χ4n) is 2.36. The maximum atomic E-state index is 5.55. The molecule has 0 amide bonds. The van der Waals surface area contributed by atoms with Crippen LogP contribution in [-0.2, 0) is 0 Å². The highest BCUT2D eigenvalue weighted by atomic mass is 16.4. The topological polar surface area (TPSA) is 82.9 Å². The summed E-state index contributed by atoms with van der Waals surface area (Å²) in [6.07, 6.45) is 0. The van der Waals surface area contributed by atoms with Crippen LogP contribution in [0.2, 0.25) is 0 Å². The van der Waals surface area contributed by atoms with Gasteiger partial charge in [0.25, 0.3) is 0 Å². The van der Waals surface area contributed by atoms with Gasteiger partial charge in [0.1, 0.15) is 0 Å². The average molecular weight is 262 g/mol. The molecule has 2 N–H and O–H groups in total. The Bertz CT molecular complexity index is 575. The first-order valence-corrected chi connectivity index (χ1v) is 6.48. The molecule has 3 heterocycles. The molecule has 7 nitrogen and oxygen atoms in total. The minimum atomic E-state index is 0.449. The minimum Gasteiger partial charge on any atom is -0.437 e. The van der Waals surface area contributed by atoms with Crippen LogP contribution in [-0.4, -0.2) is 45.8 Å². The molecule has 7 heteroatoms. The number of rotatable bonds is 2. The second-order valence-electron chi connectivity index (χ2n) is 4.93. The van der Waals surface area contributed by atoms with Gasteiger partial charge < -0.3 is 14.6 Å². The maximum Gasteiger partial charge on any atom is 0.245 e. The van der Waals surface area contributed by atoms with Crippen LogP contribution >= 0.6 is 0 Å². The average Bonchev–Trinajstić information content (AvgIpc) is 2.96. The van der Waals surface area contributed by atoms with Crippen LogP contribution in [0.3, 0.4) is 0 Å². The Balaban J connectivity index is 1.85. The van der Waals surface area contributed by atoms with Gasteiger partial charge in [0, 0.05) is 32.6 Å². The van der Waals surface area contributed by atoms with Gasteiger partial charge in [-0.3, -0.25) is 5.10 Å². The van der Waals surface area contributed by atoms with E-state index in [-0.39, 0.29) is 0 Å². The van der Waals surface area contributed by atoms with Gasteiger partial charge in [-0.15, -0.1) is 5.10 Å². The fourth-order valence-corrected chi connectivity index (χ4v) is 2.36. The summed E-state index contributed by atoms with van der Waals surface area (Å²) < 4.78 is 5.55. The van der Waals surface area contributed by atoms with E-state index in [9.17, 15) is 0 Å². The molecule has 0 bridgehead atoms. The van der Waals surface area contributed by atoms with Gasteiger partial charge in [0.05, 0.1) is 5.69 Å². The predicted octanol–water partition coefficient (Wildman–Crippen LogP) is 0.875. The molecule has 0 saturated carbocycles. The van der Waals surface area contributed by atoms with Gasteiger partial charge in [0.15, 0.2) is 17.5 Å². The molecule has 0 spiro atoms. The summed E-state index contributed by atoms with van der Waals surface area (Å²) >= 11 is 0. The quantitative estimate of drug-likeness (QED) is 0.835. The molecule has 1 aliphatic rings. The second kappa shape index (κ2) is 4.65. The van der Waals surface area contributed by atoms with E-state index in [0.717, 1.165) is 31.3 Å². The predicted molar refractivity (Wildman–Crippen MR) is 71.0 cm³/mol. The van der Waals surface area contributed by atoms with E-state index in [1.54, 1.807) is 0 Å². The third-order valence-corrected chi connectivity index (χ3v) is 3.24. The number of nitrogens with one attached hydrogen (secondary N) is 2. The molecular weight excluding hydrogens is 244 g/mol. The molecule has 1 atom stereocenters. The molecule has 1 saturated heterocycles. The molecule has 1 unspecified atom stereocenters. The zero-order chi connectivity index (χ0) is 13.4. The van der Waals surface area contributed by atoms with Crippen molar-refractivity contribution in [1.82, 2.24) is 25.5 Å². The van der Waals surface area contributed by atoms with Crippen LogP contribution in [0, 0.1) is 13.8 Å². The van der Waals surface area contributed by atoms with Gasteiger partial charge in [-0.05, 0) is 13.8 Å². The van der Waals surface area contributed by atoms with Crippen molar-refractivity contribution >= 4 is 5.95 Å². The van der Waals surface area contributed by atoms with Crippen molar-refractivity contribution in [1.29, 1.82) is 0 Å². The minimum absolute atomic E-state index is 0.449. The van der Waals surface area contributed by atoms with Crippen LogP contribution in [0.25, 0.3) is 11.6 Å². The van der Waals surface area contributed by atoms with E-state index < -0.39 is 0 Å². The molecule has 0 radical (unpaired) electrons. The van der Waals surface area contributed by atoms with Gasteiger partial charge in [-0.1, -0.05) is 0 Å². The van der Waals surface area contributed by atoms with E-state index in [4.69, 9.17) is 4.42 Å². The van der Waals surface area contributed by atoms with Crippen LogP contribution in [0.4, 0.5) is 5.95 Å². The normalized spacial score (nSPS) is 19.9. The molecule has 0 aromatic carbocycles. The van der Waals surface area contributed by atoms with Crippen molar-refractivity contribution in [2.24, 2.45) is 0 Å². The molecule has 1 fully saturated rings. The maximum absolute atomic E-state index is 5.55. The highest BCUT2D eigenvalue weighted by molar-refractivity contribution is 5.52. The summed E-state index contributed by atoms with van der Waals surface area (Å²) in [5.41, 5.74) is 0.828. The van der Waals surface area contributed by atoms with Crippen LogP contribution in [0.1, 0.15) is 18.5 Å². The molecule has 19 heavy (non-hydrogen) atoms. The summed E-state index contributed by atoms with van der Waals surface area (Å²) in [5, 5.41) is 10.6. The standard InChI is InChI=1S/C12H18N6O/c1-7-6-18(5-4-13-7)12-15-11(16-17-12)10-8(2)14-9(3)19-10/h7,13H,4-6H2,1-3H3,(H,15,16,17). The lowest BCUT2D eigenvalue weighted by Crippen LogP contribution is -2.49. The van der Waals surface area contributed by atoms with Crippen molar-refractivity contribution in [3.8, 4) is 11.6 Å². The highest BCUT2D eigenvalue weighted by Crippen LogP contribution is 2.22. The zero-order valence-corrected chi connectivity index (χ0v) is 11.4. The molecule has 1 aliphatic heterocycles. The molecule has 2 aromatic heterocycles. The SMILES string of the molecule is Cc1nc(C)c(-c2nc(N3CCNC(C)C3)n[nH]2)o1. The lowest BCUT2D eigenvalue weighted by atomic mass is 10.2. The van der Waals surface area contributed by atoms with Crippen molar-refractivity contribution < 1.29 is 4.42 Å². The summed E-state index contributed by atoms with van der Waals surface area (Å²) in [5.74, 6) is 2.66. The number of aromatic amines is 1. The van der Waals surface area contributed by atoms with Crippen LogP contribution < -0.4 is 10.2 Å². The lowest BCUT2D eigenvalue weighted by molar-refractivity contribution is 0.480. The van der Waals surface area contributed by atoms with Gasteiger partial charge >= 0.3 is 0 Å². The van der Waals surface area contributed by atoms with Crippen molar-refractivity contribution in [3.05, 3.63) is 11.6 Å². The first kappa shape index (κ1) is 12.2. The van der Waals surface area contributed by atoms with Crippen molar-refractivity contribution in [2.75, 3.05) is 24.5 Å². The zero-order valence-electron chi connectivity index (χ0n) is 11.4. The lowest BCUT2D eigenvalue weighted by Gasteiger charge is -2.30. The number of hydrogen-bond acceptors (Lipinski definition) is 6. The van der Waals surface area contributed by atoms with E-state index in [0.29, 0.717) is 23.5 Å². The first-order chi connectivity index (χ1) is 9.13. The third kappa shape index (κ3) is 2.33. The Hall–Kier alpha value is -1.89. The highest BCUT2D eigenvalue weighted by Gasteiger charge is 2.21. The number of hydrogen-bond donors (Lipinski definition) is 2. The number of aryl methyl sites for hydroxylation is 2. The van der Waals surface area contributed by atoms with Gasteiger partial charge in [0.2, 0.25) is 5.95 Å². The number of nitrogens with zero attached hydrogens (tertiary/aromatic N) is 4. The summed E-state index contributed by atoms with van der Waals surface area (Å²) in [6, 6.07) is 0.449. The Kier molecular flexibility index (Phi) is 2.98. The summed E-state index contributed by atoms with van der Waals surface area (Å²) in [7, 11) is 0. The fraction of sp³-hybridized carbons (Fsp3) is 0.583. The largest absolute Gasteiger partial charge is 0.437 e. The van der Waals surface area contributed by atoms with E-state index in [1.807, 2.05) is 13.8 Å². The Morgan fingerprint density at radius 3 is 2.84 bits per heavy atom. The van der Waals surface area contributed by atoms with Gasteiger partial charge in [-0.2, -0.15) is 4.98 Å². The van der Waals surface area contributed by atoms with Crippen LogP contribution in [0.15, 0.2) is 4.42 Å². The molecule has 0 aliphatic carbocycles. The molecule has 2 aromatic rings. The number of H-pyrrole nitrogens is 1. The van der Waals surface area contributed by atoms with Crippen molar-refractivity contribution in [2.45, 2.75) is 26.8 Å². The monoisotopic (exact) mass is 262 g/mol. The second-order valence-corrected chi connectivity index (χ2v) is 4.93. The van der Waals surface area contributed by atoms with E-state index in [2.05, 4.69) is 37.3 Å². The Labute approximate surface area is 111 Å². The molecule has 3 rings (SSSR count). The van der Waals surface area contributed by atoms with E-state index >= 15 is 0 Å². The Morgan fingerprint density at radius 1 is 1.32 bits per heavy atom. The van der Waals surface area contributed by atoms with Crippen molar-refractivity contribution in [3.63, 3.8) is 0 Å². The van der Waals surface area contributed by atoms with Crippen LogP contribution in [0.5, 0.6) is 0 Å².